The van der Waals surface area contributed by atoms with E-state index in [0.717, 1.165) is 22.8 Å². The first-order chi connectivity index (χ1) is 11.2. The van der Waals surface area contributed by atoms with Crippen LogP contribution in [0.25, 0.3) is 5.69 Å². The zero-order chi connectivity index (χ0) is 16.2. The molecule has 23 heavy (non-hydrogen) atoms. The maximum absolute atomic E-state index is 9.81. The fraction of sp³-hybridized carbons (Fsp3) is 0.188. The molecule has 3 aromatic rings. The van der Waals surface area contributed by atoms with E-state index >= 15 is 0 Å². The van der Waals surface area contributed by atoms with Crippen molar-refractivity contribution in [2.45, 2.75) is 13.5 Å². The first-order valence-electron chi connectivity index (χ1n) is 7.12. The number of ether oxygens (including phenoxy) is 1. The normalized spacial score (nSPS) is 10.5. The largest absolute Gasteiger partial charge is 0.504 e. The number of rotatable bonds is 5. The van der Waals surface area contributed by atoms with Gasteiger partial charge in [-0.25, -0.2) is 0 Å². The lowest BCUT2D eigenvalue weighted by Crippen LogP contribution is -2.03. The van der Waals surface area contributed by atoms with E-state index in [0.29, 0.717) is 12.3 Å². The summed E-state index contributed by atoms with van der Waals surface area (Å²) in [5, 5.41) is 24.6. The molecule has 1 heterocycles. The number of benzene rings is 2. The molecular formula is C16H17N5O2. The molecule has 0 aliphatic heterocycles. The smallest absolute Gasteiger partial charge is 0.160 e. The van der Waals surface area contributed by atoms with Crippen molar-refractivity contribution < 1.29 is 9.84 Å². The van der Waals surface area contributed by atoms with Crippen LogP contribution in [0.15, 0.2) is 42.5 Å². The number of tetrazole rings is 1. The van der Waals surface area contributed by atoms with Crippen LogP contribution < -0.4 is 10.1 Å². The summed E-state index contributed by atoms with van der Waals surface area (Å²) in [6.45, 7) is 2.43. The summed E-state index contributed by atoms with van der Waals surface area (Å²) in [5.74, 6) is 1.32. The highest BCUT2D eigenvalue weighted by Gasteiger charge is 2.05. The van der Waals surface area contributed by atoms with Crippen LogP contribution in [0.5, 0.6) is 11.5 Å². The zero-order valence-corrected chi connectivity index (χ0v) is 12.9. The molecule has 2 aromatic carbocycles. The van der Waals surface area contributed by atoms with E-state index in [1.807, 2.05) is 37.3 Å². The van der Waals surface area contributed by atoms with Gasteiger partial charge in [0.15, 0.2) is 17.3 Å². The fourth-order valence-electron chi connectivity index (χ4n) is 2.27. The SMILES string of the molecule is COc1ccc(CNc2cccc(-n3nnnc3C)c2)cc1O. The Morgan fingerprint density at radius 1 is 1.22 bits per heavy atom. The summed E-state index contributed by atoms with van der Waals surface area (Å²) in [5.41, 5.74) is 2.77. The summed E-state index contributed by atoms with van der Waals surface area (Å²) >= 11 is 0. The van der Waals surface area contributed by atoms with E-state index < -0.39 is 0 Å². The Kier molecular flexibility index (Phi) is 4.09. The number of aryl methyl sites for hydroxylation is 1. The van der Waals surface area contributed by atoms with E-state index in [1.165, 1.54) is 7.11 Å². The zero-order valence-electron chi connectivity index (χ0n) is 12.9. The van der Waals surface area contributed by atoms with Gasteiger partial charge in [0, 0.05) is 12.2 Å². The number of hydrogen-bond acceptors (Lipinski definition) is 6. The Balaban J connectivity index is 1.74. The minimum atomic E-state index is 0.130. The highest BCUT2D eigenvalue weighted by molar-refractivity contribution is 5.52. The Hall–Kier alpha value is -3.09. The molecule has 7 nitrogen and oxygen atoms in total. The number of hydrogen-bond donors (Lipinski definition) is 2. The molecule has 0 saturated heterocycles. The Bertz CT molecular complexity index is 816. The Morgan fingerprint density at radius 3 is 2.78 bits per heavy atom. The molecule has 0 radical (unpaired) electrons. The first kappa shape index (κ1) is 14.8. The maximum Gasteiger partial charge on any atom is 0.160 e. The van der Waals surface area contributed by atoms with Crippen molar-refractivity contribution in [3.63, 3.8) is 0 Å². The lowest BCUT2D eigenvalue weighted by atomic mass is 10.2. The van der Waals surface area contributed by atoms with Crippen molar-refractivity contribution in [1.82, 2.24) is 20.2 Å². The van der Waals surface area contributed by atoms with Gasteiger partial charge in [0.25, 0.3) is 0 Å². The minimum Gasteiger partial charge on any atom is -0.504 e. The number of anilines is 1. The molecule has 0 spiro atoms. The topological polar surface area (TPSA) is 85.1 Å². The molecule has 2 N–H and O–H groups in total. The average Bonchev–Trinajstić information content (AvgIpc) is 2.99. The molecule has 0 aliphatic carbocycles. The molecule has 0 atom stereocenters. The summed E-state index contributed by atoms with van der Waals surface area (Å²) in [6, 6.07) is 13.1. The van der Waals surface area contributed by atoms with E-state index in [-0.39, 0.29) is 5.75 Å². The van der Waals surface area contributed by atoms with Crippen LogP contribution >= 0.6 is 0 Å². The predicted molar refractivity (Wildman–Crippen MR) is 85.9 cm³/mol. The van der Waals surface area contributed by atoms with Gasteiger partial charge in [-0.05, 0) is 53.2 Å². The molecule has 0 fully saturated rings. The van der Waals surface area contributed by atoms with Crippen LogP contribution in [0.2, 0.25) is 0 Å². The van der Waals surface area contributed by atoms with Crippen molar-refractivity contribution in [2.75, 3.05) is 12.4 Å². The molecule has 3 rings (SSSR count). The molecule has 0 aliphatic rings. The third-order valence-electron chi connectivity index (χ3n) is 3.46. The lowest BCUT2D eigenvalue weighted by Gasteiger charge is -2.10. The third kappa shape index (κ3) is 3.23. The summed E-state index contributed by atoms with van der Waals surface area (Å²) < 4.78 is 6.71. The first-order valence-corrected chi connectivity index (χ1v) is 7.12. The van der Waals surface area contributed by atoms with Crippen LogP contribution in [-0.2, 0) is 6.54 Å². The number of aromatic nitrogens is 4. The summed E-state index contributed by atoms with van der Waals surface area (Å²) in [7, 11) is 1.53. The predicted octanol–water partition coefficient (Wildman–Crippen LogP) is 2.30. The van der Waals surface area contributed by atoms with Crippen LogP contribution in [0.1, 0.15) is 11.4 Å². The molecule has 0 unspecified atom stereocenters. The van der Waals surface area contributed by atoms with Crippen molar-refractivity contribution in [1.29, 1.82) is 0 Å². The number of aromatic hydroxyl groups is 1. The van der Waals surface area contributed by atoms with Crippen molar-refractivity contribution in [3.05, 3.63) is 53.9 Å². The van der Waals surface area contributed by atoms with Gasteiger partial charge in [0.2, 0.25) is 0 Å². The summed E-state index contributed by atoms with van der Waals surface area (Å²) in [6.07, 6.45) is 0. The number of phenolic OH excluding ortho intramolecular Hbond substituents is 1. The summed E-state index contributed by atoms with van der Waals surface area (Å²) in [4.78, 5) is 0. The van der Waals surface area contributed by atoms with E-state index in [9.17, 15) is 5.11 Å². The number of nitrogens with one attached hydrogen (secondary N) is 1. The third-order valence-corrected chi connectivity index (χ3v) is 3.46. The monoisotopic (exact) mass is 311 g/mol. The van der Waals surface area contributed by atoms with Crippen molar-refractivity contribution >= 4 is 5.69 Å². The lowest BCUT2D eigenvalue weighted by molar-refractivity contribution is 0.373. The maximum atomic E-state index is 9.81. The number of methoxy groups -OCH3 is 1. The van der Waals surface area contributed by atoms with Gasteiger partial charge in [-0.1, -0.05) is 12.1 Å². The highest BCUT2D eigenvalue weighted by Crippen LogP contribution is 2.26. The van der Waals surface area contributed by atoms with Crippen molar-refractivity contribution in [2.24, 2.45) is 0 Å². The standard InChI is InChI=1S/C16H17N5O2/c1-11-18-19-20-21(11)14-5-3-4-13(9-14)17-10-12-6-7-16(23-2)15(22)8-12/h3-9,17,22H,10H2,1-2H3. The number of phenols is 1. The van der Waals surface area contributed by atoms with E-state index in [4.69, 9.17) is 4.74 Å². The minimum absolute atomic E-state index is 0.130. The van der Waals surface area contributed by atoms with E-state index in [1.54, 1.807) is 16.8 Å². The molecule has 0 saturated carbocycles. The Labute approximate surface area is 133 Å². The molecule has 0 bridgehead atoms. The van der Waals surface area contributed by atoms with Crippen LogP contribution in [0.4, 0.5) is 5.69 Å². The van der Waals surface area contributed by atoms with Gasteiger partial charge in [-0.3, -0.25) is 0 Å². The fourth-order valence-corrected chi connectivity index (χ4v) is 2.27. The molecular weight excluding hydrogens is 294 g/mol. The second-order valence-corrected chi connectivity index (χ2v) is 5.05. The molecule has 118 valence electrons. The second-order valence-electron chi connectivity index (χ2n) is 5.05. The van der Waals surface area contributed by atoms with Gasteiger partial charge < -0.3 is 15.2 Å². The number of nitrogens with zero attached hydrogens (tertiary/aromatic N) is 4. The van der Waals surface area contributed by atoms with Crippen LogP contribution in [-0.4, -0.2) is 32.4 Å². The van der Waals surface area contributed by atoms with Crippen molar-refractivity contribution in [3.8, 4) is 17.2 Å². The quantitative estimate of drug-likeness (QED) is 0.752. The second kappa shape index (κ2) is 6.35. The van der Waals surface area contributed by atoms with Gasteiger partial charge in [0.1, 0.15) is 0 Å². The molecule has 7 heteroatoms. The van der Waals surface area contributed by atoms with Crippen LogP contribution in [0, 0.1) is 6.92 Å². The van der Waals surface area contributed by atoms with Gasteiger partial charge in [0.05, 0.1) is 12.8 Å². The van der Waals surface area contributed by atoms with Gasteiger partial charge in [-0.2, -0.15) is 4.68 Å². The van der Waals surface area contributed by atoms with Gasteiger partial charge >= 0.3 is 0 Å². The molecule has 1 aromatic heterocycles. The van der Waals surface area contributed by atoms with Crippen LogP contribution in [0.3, 0.4) is 0 Å². The van der Waals surface area contributed by atoms with Gasteiger partial charge in [-0.15, -0.1) is 5.10 Å². The average molecular weight is 311 g/mol. The highest BCUT2D eigenvalue weighted by atomic mass is 16.5. The van der Waals surface area contributed by atoms with E-state index in [2.05, 4.69) is 20.8 Å². The Morgan fingerprint density at radius 2 is 2.09 bits per heavy atom. The molecule has 0 amide bonds.